The molecule has 1 nitrogen and oxygen atoms in total. The molecule has 1 saturated heterocycles. The van der Waals surface area contributed by atoms with Gasteiger partial charge in [0.1, 0.15) is 0 Å². The zero-order valence-corrected chi connectivity index (χ0v) is 10.0. The van der Waals surface area contributed by atoms with Crippen LogP contribution < -0.4 is 5.32 Å². The van der Waals surface area contributed by atoms with Crippen molar-refractivity contribution in [3.05, 3.63) is 21.4 Å². The Bertz CT molecular complexity index is 336. The number of thiophene rings is 1. The number of hydrogen-bond acceptors (Lipinski definition) is 2. The van der Waals surface area contributed by atoms with Crippen LogP contribution in [0.1, 0.15) is 47.6 Å². The van der Waals surface area contributed by atoms with E-state index in [4.69, 9.17) is 0 Å². The minimum Gasteiger partial charge on any atom is -0.317 e. The summed E-state index contributed by atoms with van der Waals surface area (Å²) >= 11 is 2.03. The highest BCUT2D eigenvalue weighted by molar-refractivity contribution is 7.10. The van der Waals surface area contributed by atoms with Gasteiger partial charge in [0.15, 0.2) is 0 Å². The van der Waals surface area contributed by atoms with Crippen molar-refractivity contribution in [2.75, 3.05) is 13.1 Å². The highest BCUT2D eigenvalue weighted by atomic mass is 32.1. The number of fused-ring (bicyclic) bond motifs is 1. The molecule has 0 amide bonds. The summed E-state index contributed by atoms with van der Waals surface area (Å²) in [5.74, 6) is 0.865. The van der Waals surface area contributed by atoms with E-state index in [2.05, 4.69) is 10.7 Å². The highest BCUT2D eigenvalue weighted by Gasteiger charge is 2.22. The Morgan fingerprint density at radius 3 is 2.80 bits per heavy atom. The third kappa shape index (κ3) is 1.85. The van der Waals surface area contributed by atoms with Gasteiger partial charge in [0.05, 0.1) is 0 Å². The van der Waals surface area contributed by atoms with Gasteiger partial charge in [0.2, 0.25) is 0 Å². The van der Waals surface area contributed by atoms with Crippen molar-refractivity contribution in [3.63, 3.8) is 0 Å². The SMILES string of the molecule is c1sc2c(c1C1CCNCC1)CCCC2. The zero-order valence-electron chi connectivity index (χ0n) is 9.22. The van der Waals surface area contributed by atoms with Crippen molar-refractivity contribution < 1.29 is 0 Å². The molecule has 0 spiro atoms. The first-order valence-corrected chi connectivity index (χ1v) is 7.13. The van der Waals surface area contributed by atoms with Crippen LogP contribution in [-0.4, -0.2) is 13.1 Å². The van der Waals surface area contributed by atoms with Gasteiger partial charge >= 0.3 is 0 Å². The molecule has 0 unspecified atom stereocenters. The lowest BCUT2D eigenvalue weighted by Gasteiger charge is -2.24. The van der Waals surface area contributed by atoms with Gasteiger partial charge in [-0.2, -0.15) is 0 Å². The second-order valence-corrected chi connectivity index (χ2v) is 5.79. The first-order chi connectivity index (χ1) is 7.45. The molecule has 3 rings (SSSR count). The molecule has 15 heavy (non-hydrogen) atoms. The maximum atomic E-state index is 3.46. The van der Waals surface area contributed by atoms with Crippen molar-refractivity contribution in [1.29, 1.82) is 0 Å². The van der Waals surface area contributed by atoms with E-state index in [0.29, 0.717) is 0 Å². The number of aryl methyl sites for hydroxylation is 1. The Morgan fingerprint density at radius 2 is 1.93 bits per heavy atom. The molecule has 2 heterocycles. The number of nitrogens with one attached hydrogen (secondary N) is 1. The first-order valence-electron chi connectivity index (χ1n) is 6.25. The molecule has 82 valence electrons. The van der Waals surface area contributed by atoms with Gasteiger partial charge in [-0.1, -0.05) is 0 Å². The fraction of sp³-hybridized carbons (Fsp3) is 0.692. The molecule has 0 radical (unpaired) electrons. The third-order valence-electron chi connectivity index (χ3n) is 3.87. The molecule has 0 bridgehead atoms. The molecule has 1 aliphatic carbocycles. The fourth-order valence-corrected chi connectivity index (χ4v) is 4.22. The summed E-state index contributed by atoms with van der Waals surface area (Å²) in [5, 5.41) is 5.92. The van der Waals surface area contributed by atoms with E-state index in [0.717, 1.165) is 5.92 Å². The molecule has 1 aromatic heterocycles. The minimum atomic E-state index is 0.865. The lowest BCUT2D eigenvalue weighted by atomic mass is 9.85. The maximum Gasteiger partial charge on any atom is 0.00801 e. The lowest BCUT2D eigenvalue weighted by Crippen LogP contribution is -2.27. The van der Waals surface area contributed by atoms with Gasteiger partial charge in [-0.15, -0.1) is 11.3 Å². The van der Waals surface area contributed by atoms with E-state index in [1.54, 1.807) is 16.0 Å². The van der Waals surface area contributed by atoms with Crippen molar-refractivity contribution in [3.8, 4) is 0 Å². The Hall–Kier alpha value is -0.340. The van der Waals surface area contributed by atoms with Crippen LogP contribution in [0.3, 0.4) is 0 Å². The van der Waals surface area contributed by atoms with Crippen LogP contribution in [0.4, 0.5) is 0 Å². The molecule has 0 saturated carbocycles. The molecule has 0 atom stereocenters. The lowest BCUT2D eigenvalue weighted by molar-refractivity contribution is 0.458. The van der Waals surface area contributed by atoms with Crippen molar-refractivity contribution >= 4 is 11.3 Å². The summed E-state index contributed by atoms with van der Waals surface area (Å²) < 4.78 is 0. The standard InChI is InChI=1S/C13H19NS/c1-2-4-13-11(3-1)12(9-15-13)10-5-7-14-8-6-10/h9-10,14H,1-8H2. The summed E-state index contributed by atoms with van der Waals surface area (Å²) in [7, 11) is 0. The topological polar surface area (TPSA) is 12.0 Å². The van der Waals surface area contributed by atoms with E-state index >= 15 is 0 Å². The quantitative estimate of drug-likeness (QED) is 0.768. The van der Waals surface area contributed by atoms with Gasteiger partial charge in [-0.05, 0) is 74.0 Å². The average molecular weight is 221 g/mol. The smallest absolute Gasteiger partial charge is 0.00801 e. The van der Waals surface area contributed by atoms with Crippen LogP contribution in [0.15, 0.2) is 5.38 Å². The largest absolute Gasteiger partial charge is 0.317 e. The predicted octanol–water partition coefficient (Wildman–Crippen LogP) is 3.09. The van der Waals surface area contributed by atoms with Crippen LogP contribution in [0.25, 0.3) is 0 Å². The summed E-state index contributed by atoms with van der Waals surface area (Å²) in [5.41, 5.74) is 3.47. The summed E-state index contributed by atoms with van der Waals surface area (Å²) in [4.78, 5) is 1.70. The maximum absolute atomic E-state index is 3.46. The molecule has 1 N–H and O–H groups in total. The molecular formula is C13H19NS. The summed E-state index contributed by atoms with van der Waals surface area (Å²) in [6, 6.07) is 0. The molecule has 2 heteroatoms. The van der Waals surface area contributed by atoms with Crippen LogP contribution >= 0.6 is 11.3 Å². The number of piperidine rings is 1. The normalized spacial score (nSPS) is 22.7. The van der Waals surface area contributed by atoms with Crippen LogP contribution in [-0.2, 0) is 12.8 Å². The monoisotopic (exact) mass is 221 g/mol. The van der Waals surface area contributed by atoms with Gasteiger partial charge in [-0.3, -0.25) is 0 Å². The van der Waals surface area contributed by atoms with Crippen LogP contribution in [0.5, 0.6) is 0 Å². The van der Waals surface area contributed by atoms with Gasteiger partial charge in [0, 0.05) is 4.88 Å². The second-order valence-electron chi connectivity index (χ2n) is 4.82. The molecule has 1 aromatic rings. The summed E-state index contributed by atoms with van der Waals surface area (Å²) in [6.07, 6.45) is 8.25. The average Bonchev–Trinajstić information content (AvgIpc) is 2.74. The summed E-state index contributed by atoms with van der Waals surface area (Å²) in [6.45, 7) is 2.44. The fourth-order valence-electron chi connectivity index (χ4n) is 2.99. The molecule has 1 aliphatic heterocycles. The third-order valence-corrected chi connectivity index (χ3v) is 4.98. The molecular weight excluding hydrogens is 202 g/mol. The van der Waals surface area contributed by atoms with E-state index < -0.39 is 0 Å². The van der Waals surface area contributed by atoms with Crippen molar-refractivity contribution in [1.82, 2.24) is 5.32 Å². The second kappa shape index (κ2) is 4.26. The van der Waals surface area contributed by atoms with Crippen LogP contribution in [0, 0.1) is 0 Å². The molecule has 1 fully saturated rings. The Balaban J connectivity index is 1.87. The predicted molar refractivity (Wildman–Crippen MR) is 65.8 cm³/mol. The Labute approximate surface area is 95.9 Å². The van der Waals surface area contributed by atoms with E-state index in [1.807, 2.05) is 11.3 Å². The Morgan fingerprint density at radius 1 is 1.13 bits per heavy atom. The van der Waals surface area contributed by atoms with E-state index in [1.165, 1.54) is 51.6 Å². The zero-order chi connectivity index (χ0) is 10.1. The van der Waals surface area contributed by atoms with Crippen molar-refractivity contribution in [2.45, 2.75) is 44.4 Å². The van der Waals surface area contributed by atoms with E-state index in [-0.39, 0.29) is 0 Å². The Kier molecular flexibility index (Phi) is 2.80. The number of rotatable bonds is 1. The van der Waals surface area contributed by atoms with Gasteiger partial charge < -0.3 is 5.32 Å². The highest BCUT2D eigenvalue weighted by Crippen LogP contribution is 2.37. The number of hydrogen-bond donors (Lipinski definition) is 1. The van der Waals surface area contributed by atoms with Crippen molar-refractivity contribution in [2.24, 2.45) is 0 Å². The molecule has 2 aliphatic rings. The molecule has 0 aromatic carbocycles. The minimum absolute atomic E-state index is 0.865. The van der Waals surface area contributed by atoms with Gasteiger partial charge in [-0.25, -0.2) is 0 Å². The van der Waals surface area contributed by atoms with Gasteiger partial charge in [0.25, 0.3) is 0 Å². The first kappa shape index (κ1) is 9.86. The van der Waals surface area contributed by atoms with Crippen LogP contribution in [0.2, 0.25) is 0 Å². The van der Waals surface area contributed by atoms with E-state index in [9.17, 15) is 0 Å².